The summed E-state index contributed by atoms with van der Waals surface area (Å²) in [5, 5.41) is 3.95. The van der Waals surface area contributed by atoms with E-state index in [2.05, 4.69) is 130 Å². The Morgan fingerprint density at radius 2 is 1.24 bits per heavy atom. The summed E-state index contributed by atoms with van der Waals surface area (Å²) in [4.78, 5) is 20.4. The maximum absolute atomic E-state index is 6.82. The Bertz CT molecular complexity index is 2080. The summed E-state index contributed by atoms with van der Waals surface area (Å²) >= 11 is 15.8. The van der Waals surface area contributed by atoms with Crippen molar-refractivity contribution in [2.45, 2.75) is 81.8 Å². The van der Waals surface area contributed by atoms with E-state index in [-0.39, 0.29) is 7.43 Å². The standard InChI is InChI=1S/C17H16ClNS.C14H15ClN2S.C11H18N4.CH4/c1-12(2)19-11-17(20-14-6-4-3-5-7-14)15-10-13(18)8-9-16(15)19;1-10(2)17-9-14(18-7-6-16-3)12-8-11(15)4-5-13(12)17;1-10(2)14-6-8-15(9-7-14)11-12-4-3-5-13-11;/h3-12H,1-2H3;4-5,8-10H,6-7H2,1-2H3;3-5,10H,6-9H2,1-2H3;1H4. The van der Waals surface area contributed by atoms with Crippen LogP contribution in [0.4, 0.5) is 5.95 Å². The van der Waals surface area contributed by atoms with Gasteiger partial charge >= 0.3 is 0 Å². The first-order valence-corrected chi connectivity index (χ1v) is 20.7. The number of nitrogens with zero attached hydrogens (tertiary/aromatic N) is 7. The second-order valence-corrected chi connectivity index (χ2v) is 16.7. The average molecular weight is 803 g/mol. The topological polar surface area (TPSA) is 46.5 Å². The molecule has 1 fully saturated rings. The second-order valence-electron chi connectivity index (χ2n) is 13.6. The fourth-order valence-corrected chi connectivity index (χ4v) is 8.39. The Morgan fingerprint density at radius 1 is 0.704 bits per heavy atom. The fourth-order valence-electron chi connectivity index (χ4n) is 6.15. The zero-order valence-electron chi connectivity index (χ0n) is 31.4. The molecule has 11 heteroatoms. The van der Waals surface area contributed by atoms with Crippen LogP contribution < -0.4 is 4.90 Å². The van der Waals surface area contributed by atoms with Gasteiger partial charge in [-0.1, -0.05) is 60.6 Å². The number of piperazine rings is 1. The van der Waals surface area contributed by atoms with E-state index in [1.54, 1.807) is 35.9 Å². The number of rotatable bonds is 9. The molecule has 0 aliphatic carbocycles. The molecule has 1 aliphatic heterocycles. The average Bonchev–Trinajstić information content (AvgIpc) is 3.71. The van der Waals surface area contributed by atoms with Crippen LogP contribution in [-0.2, 0) is 0 Å². The van der Waals surface area contributed by atoms with Crippen LogP contribution in [0.2, 0.25) is 10.0 Å². The Kier molecular flexibility index (Phi) is 16.7. The molecular formula is C43H53Cl2N7S2. The zero-order valence-corrected chi connectivity index (χ0v) is 34.6. The van der Waals surface area contributed by atoms with Gasteiger partial charge in [0.2, 0.25) is 12.5 Å². The van der Waals surface area contributed by atoms with Crippen molar-refractivity contribution in [1.82, 2.24) is 24.0 Å². The maximum atomic E-state index is 6.82. The Balaban J connectivity index is 0.000000181. The van der Waals surface area contributed by atoms with E-state index < -0.39 is 0 Å². The molecule has 0 amide bonds. The molecule has 1 saturated heterocycles. The van der Waals surface area contributed by atoms with Crippen LogP contribution in [0.5, 0.6) is 0 Å². The van der Waals surface area contributed by atoms with Crippen LogP contribution in [0.1, 0.15) is 61.1 Å². The molecule has 0 saturated carbocycles. The van der Waals surface area contributed by atoms with Crippen molar-refractivity contribution in [3.63, 3.8) is 0 Å². The van der Waals surface area contributed by atoms with Gasteiger partial charge in [0.05, 0.1) is 5.75 Å². The van der Waals surface area contributed by atoms with Crippen LogP contribution in [-0.4, -0.2) is 68.5 Å². The van der Waals surface area contributed by atoms with Crippen molar-refractivity contribution in [2.75, 3.05) is 43.4 Å². The molecule has 0 spiro atoms. The quantitative estimate of drug-likeness (QED) is 0.0824. The van der Waals surface area contributed by atoms with Crippen LogP contribution in [0.3, 0.4) is 0 Å². The summed E-state index contributed by atoms with van der Waals surface area (Å²) in [5.41, 5.74) is 2.45. The smallest absolute Gasteiger partial charge is 0.225 e. The molecule has 3 aromatic carbocycles. The number of aromatic nitrogens is 4. The molecule has 0 bridgehead atoms. The number of fused-ring (bicyclic) bond motifs is 2. The number of benzene rings is 3. The lowest BCUT2D eigenvalue weighted by molar-refractivity contribution is 0.208. The summed E-state index contributed by atoms with van der Waals surface area (Å²) in [6.07, 6.45) is 8.00. The molecule has 286 valence electrons. The largest absolute Gasteiger partial charge is 0.344 e. The Morgan fingerprint density at radius 3 is 1.76 bits per heavy atom. The molecular weight excluding hydrogens is 750 g/mol. The highest BCUT2D eigenvalue weighted by atomic mass is 35.5. The number of hydrogen-bond acceptors (Lipinski definition) is 6. The third-order valence-electron chi connectivity index (χ3n) is 8.94. The van der Waals surface area contributed by atoms with E-state index in [0.29, 0.717) is 24.7 Å². The van der Waals surface area contributed by atoms with Gasteiger partial charge < -0.3 is 18.9 Å². The molecule has 7 nitrogen and oxygen atoms in total. The van der Waals surface area contributed by atoms with E-state index in [4.69, 9.17) is 29.8 Å². The first-order chi connectivity index (χ1) is 25.5. The molecule has 6 aromatic rings. The van der Waals surface area contributed by atoms with Crippen molar-refractivity contribution in [3.8, 4) is 0 Å². The van der Waals surface area contributed by atoms with Crippen molar-refractivity contribution in [2.24, 2.45) is 0 Å². The van der Waals surface area contributed by atoms with Crippen LogP contribution in [0.15, 0.2) is 112 Å². The third kappa shape index (κ3) is 11.4. The molecule has 7 rings (SSSR count). The van der Waals surface area contributed by atoms with Gasteiger partial charge in [-0.3, -0.25) is 4.90 Å². The minimum atomic E-state index is 0. The van der Waals surface area contributed by atoms with Crippen LogP contribution in [0.25, 0.3) is 26.7 Å². The van der Waals surface area contributed by atoms with E-state index >= 15 is 0 Å². The van der Waals surface area contributed by atoms with Gasteiger partial charge in [-0.05, 0) is 96.1 Å². The summed E-state index contributed by atoms with van der Waals surface area (Å²) in [6, 6.07) is 25.9. The lowest BCUT2D eigenvalue weighted by atomic mass is 10.2. The molecule has 1 aliphatic rings. The normalized spacial score (nSPS) is 13.0. The van der Waals surface area contributed by atoms with E-state index in [1.807, 2.05) is 30.3 Å². The first-order valence-electron chi connectivity index (χ1n) is 18.1. The highest BCUT2D eigenvalue weighted by molar-refractivity contribution is 7.99. The van der Waals surface area contributed by atoms with Crippen molar-refractivity contribution < 1.29 is 0 Å². The van der Waals surface area contributed by atoms with E-state index in [9.17, 15) is 0 Å². The Hall–Kier alpha value is -3.65. The summed E-state index contributed by atoms with van der Waals surface area (Å²) in [6.45, 7) is 24.9. The number of halogens is 2. The van der Waals surface area contributed by atoms with Gasteiger partial charge in [0.25, 0.3) is 0 Å². The van der Waals surface area contributed by atoms with Crippen molar-refractivity contribution in [3.05, 3.63) is 119 Å². The highest BCUT2D eigenvalue weighted by Crippen LogP contribution is 2.37. The first kappa shape index (κ1) is 43.1. The SMILES string of the molecule is C.CC(C)N1CCN(c2ncccn2)CC1.CC(C)n1cc(Sc2ccccc2)c2cc(Cl)ccc21.[C-]#[N+]CCSc1cn(C(C)C)c2ccc(Cl)cc12. The van der Waals surface area contributed by atoms with Crippen molar-refractivity contribution >= 4 is 74.5 Å². The van der Waals surface area contributed by atoms with Gasteiger partial charge in [0, 0.05) is 116 Å². The third-order valence-corrected chi connectivity index (χ3v) is 11.5. The van der Waals surface area contributed by atoms with Gasteiger partial charge in [-0.2, -0.15) is 0 Å². The molecule has 4 heterocycles. The lowest BCUT2D eigenvalue weighted by Gasteiger charge is -2.36. The summed E-state index contributed by atoms with van der Waals surface area (Å²) in [7, 11) is 0. The molecule has 0 atom stereocenters. The van der Waals surface area contributed by atoms with Crippen LogP contribution >= 0.6 is 46.7 Å². The van der Waals surface area contributed by atoms with E-state index in [0.717, 1.165) is 47.9 Å². The number of hydrogen-bond donors (Lipinski definition) is 0. The van der Waals surface area contributed by atoms with Gasteiger partial charge in [-0.15, -0.1) is 11.8 Å². The zero-order chi connectivity index (χ0) is 37.9. The maximum Gasteiger partial charge on any atom is 0.225 e. The fraction of sp³-hybridized carbons (Fsp3) is 0.372. The predicted octanol–water partition coefficient (Wildman–Crippen LogP) is 12.6. The molecule has 3 aromatic heterocycles. The molecule has 0 unspecified atom stereocenters. The van der Waals surface area contributed by atoms with Crippen molar-refractivity contribution in [1.29, 1.82) is 0 Å². The van der Waals surface area contributed by atoms with E-state index in [1.165, 1.54) is 36.5 Å². The summed E-state index contributed by atoms with van der Waals surface area (Å²) in [5.74, 6) is 1.69. The van der Waals surface area contributed by atoms with Gasteiger partial charge in [-0.25, -0.2) is 16.5 Å². The Labute approximate surface area is 340 Å². The van der Waals surface area contributed by atoms with Crippen LogP contribution in [0, 0.1) is 6.57 Å². The molecule has 54 heavy (non-hydrogen) atoms. The summed E-state index contributed by atoms with van der Waals surface area (Å²) < 4.78 is 4.56. The molecule has 0 N–H and O–H groups in total. The lowest BCUT2D eigenvalue weighted by Crippen LogP contribution is -2.49. The monoisotopic (exact) mass is 801 g/mol. The predicted molar refractivity (Wildman–Crippen MR) is 235 cm³/mol. The highest BCUT2D eigenvalue weighted by Gasteiger charge is 2.20. The number of anilines is 1. The van der Waals surface area contributed by atoms with Gasteiger partial charge in [0.1, 0.15) is 0 Å². The minimum Gasteiger partial charge on any atom is -0.344 e. The van der Waals surface area contributed by atoms with Gasteiger partial charge in [0.15, 0.2) is 0 Å². The number of thioether (sulfide) groups is 1. The second kappa shape index (κ2) is 20.9. The minimum absolute atomic E-state index is 0. The molecule has 0 radical (unpaired) electrons.